The van der Waals surface area contributed by atoms with Crippen molar-refractivity contribution in [3.8, 4) is 5.75 Å². The first-order valence-corrected chi connectivity index (χ1v) is 11.7. The minimum Gasteiger partial charge on any atom is -0.507 e. The second-order valence-corrected chi connectivity index (χ2v) is 9.34. The normalized spacial score (nSPS) is 16.0. The standard InChI is InChI=1S/C24H21BrN2O4S/c1-4-31-23(30)20-14(3)26-24-27(21(20)15-7-5-13(2)6-8-15)22(29)19(32-24)12-16-11-17(25)9-10-18(16)28/h5-12,21,28H,4H2,1-3H3/b19-12-/t21-/m0/s1. The first-order chi connectivity index (χ1) is 15.3. The van der Waals surface area contributed by atoms with E-state index in [2.05, 4.69) is 20.9 Å². The summed E-state index contributed by atoms with van der Waals surface area (Å²) in [5.74, 6) is -0.421. The van der Waals surface area contributed by atoms with E-state index in [1.54, 1.807) is 38.1 Å². The molecule has 4 rings (SSSR count). The highest BCUT2D eigenvalue weighted by atomic mass is 79.9. The van der Waals surface area contributed by atoms with Gasteiger partial charge in [-0.15, -0.1) is 0 Å². The second kappa shape index (κ2) is 8.88. The van der Waals surface area contributed by atoms with E-state index < -0.39 is 12.0 Å². The van der Waals surface area contributed by atoms with E-state index in [1.165, 1.54) is 15.9 Å². The average Bonchev–Trinajstić information content (AvgIpc) is 3.05. The minimum atomic E-state index is -0.649. The predicted molar refractivity (Wildman–Crippen MR) is 127 cm³/mol. The maximum atomic E-state index is 13.5. The second-order valence-electron chi connectivity index (χ2n) is 7.42. The molecule has 2 aromatic carbocycles. The quantitative estimate of drug-likeness (QED) is 0.541. The van der Waals surface area contributed by atoms with Gasteiger partial charge in [-0.25, -0.2) is 9.79 Å². The lowest BCUT2D eigenvalue weighted by molar-refractivity contribution is -0.139. The summed E-state index contributed by atoms with van der Waals surface area (Å²) in [7, 11) is 0. The fraction of sp³-hybridized carbons (Fsp3) is 0.208. The Balaban J connectivity index is 1.97. The summed E-state index contributed by atoms with van der Waals surface area (Å²) in [5, 5.41) is 10.2. The summed E-state index contributed by atoms with van der Waals surface area (Å²) in [6, 6.07) is 12.1. The molecule has 0 spiro atoms. The molecular formula is C24H21BrN2O4S. The van der Waals surface area contributed by atoms with Crippen LogP contribution in [0.4, 0.5) is 0 Å². The van der Waals surface area contributed by atoms with Gasteiger partial charge >= 0.3 is 5.97 Å². The van der Waals surface area contributed by atoms with Crippen LogP contribution >= 0.6 is 27.3 Å². The van der Waals surface area contributed by atoms with Gasteiger partial charge in [0.05, 0.1) is 28.5 Å². The molecule has 0 fully saturated rings. The molecule has 0 saturated carbocycles. The molecular weight excluding hydrogens is 492 g/mol. The first-order valence-electron chi connectivity index (χ1n) is 10.0. The zero-order valence-electron chi connectivity index (χ0n) is 17.8. The van der Waals surface area contributed by atoms with Gasteiger partial charge < -0.3 is 9.84 Å². The zero-order valence-corrected chi connectivity index (χ0v) is 20.2. The molecule has 164 valence electrons. The number of thiazole rings is 1. The lowest BCUT2D eigenvalue weighted by Crippen LogP contribution is -2.39. The molecule has 6 nitrogen and oxygen atoms in total. The van der Waals surface area contributed by atoms with Crippen molar-refractivity contribution in [1.82, 2.24) is 4.57 Å². The largest absolute Gasteiger partial charge is 0.507 e. The summed E-state index contributed by atoms with van der Waals surface area (Å²) in [4.78, 5) is 31.4. The van der Waals surface area contributed by atoms with E-state index in [1.807, 2.05) is 31.2 Å². The van der Waals surface area contributed by atoms with Gasteiger partial charge in [0.25, 0.3) is 5.56 Å². The van der Waals surface area contributed by atoms with Crippen molar-refractivity contribution >= 4 is 39.3 Å². The van der Waals surface area contributed by atoms with Gasteiger partial charge in [0, 0.05) is 10.0 Å². The van der Waals surface area contributed by atoms with E-state index in [4.69, 9.17) is 4.74 Å². The number of phenolic OH excluding ortho intramolecular Hbond substituents is 1. The number of hydrogen-bond acceptors (Lipinski definition) is 6. The number of allylic oxidation sites excluding steroid dienone is 1. The van der Waals surface area contributed by atoms with Crippen molar-refractivity contribution in [2.24, 2.45) is 4.99 Å². The zero-order chi connectivity index (χ0) is 23.0. The van der Waals surface area contributed by atoms with E-state index in [9.17, 15) is 14.7 Å². The third-order valence-electron chi connectivity index (χ3n) is 5.19. The number of carbonyl (C=O) groups excluding carboxylic acids is 1. The van der Waals surface area contributed by atoms with Gasteiger partial charge in [-0.3, -0.25) is 9.36 Å². The Morgan fingerprint density at radius 3 is 2.66 bits per heavy atom. The fourth-order valence-corrected chi connectivity index (χ4v) is 5.05. The van der Waals surface area contributed by atoms with Gasteiger partial charge in [0.2, 0.25) is 0 Å². The molecule has 1 N–H and O–H groups in total. The number of phenols is 1. The Hall–Kier alpha value is -2.97. The smallest absolute Gasteiger partial charge is 0.338 e. The molecule has 1 aliphatic rings. The molecule has 8 heteroatoms. The number of fused-ring (bicyclic) bond motifs is 1. The molecule has 3 aromatic rings. The maximum Gasteiger partial charge on any atom is 0.338 e. The van der Waals surface area contributed by atoms with Crippen molar-refractivity contribution < 1.29 is 14.6 Å². The highest BCUT2D eigenvalue weighted by Gasteiger charge is 2.33. The molecule has 0 unspecified atom stereocenters. The highest BCUT2D eigenvalue weighted by Crippen LogP contribution is 2.31. The molecule has 32 heavy (non-hydrogen) atoms. The van der Waals surface area contributed by atoms with Crippen LogP contribution in [0.3, 0.4) is 0 Å². The Morgan fingerprint density at radius 1 is 1.25 bits per heavy atom. The Labute approximate surface area is 197 Å². The summed E-state index contributed by atoms with van der Waals surface area (Å²) in [5.41, 5.74) is 2.97. The third-order valence-corrected chi connectivity index (χ3v) is 6.66. The molecule has 0 amide bonds. The monoisotopic (exact) mass is 512 g/mol. The molecule has 2 heterocycles. The molecule has 1 atom stereocenters. The van der Waals surface area contributed by atoms with Crippen LogP contribution in [0.15, 0.2) is 68.0 Å². The van der Waals surface area contributed by atoms with E-state index in [0.717, 1.165) is 15.6 Å². The highest BCUT2D eigenvalue weighted by molar-refractivity contribution is 9.10. The number of aromatic hydroxyl groups is 1. The third kappa shape index (κ3) is 4.08. The predicted octanol–water partition coefficient (Wildman–Crippen LogP) is 3.57. The summed E-state index contributed by atoms with van der Waals surface area (Å²) < 4.78 is 8.03. The van der Waals surface area contributed by atoms with Crippen molar-refractivity contribution in [3.63, 3.8) is 0 Å². The lowest BCUT2D eigenvalue weighted by atomic mass is 9.95. The van der Waals surface area contributed by atoms with E-state index in [-0.39, 0.29) is 17.9 Å². The average molecular weight is 513 g/mol. The summed E-state index contributed by atoms with van der Waals surface area (Å²) >= 11 is 4.61. The van der Waals surface area contributed by atoms with Gasteiger partial charge in [0.15, 0.2) is 4.80 Å². The number of carbonyl (C=O) groups is 1. The topological polar surface area (TPSA) is 80.9 Å². The Kier molecular flexibility index (Phi) is 6.17. The van der Waals surface area contributed by atoms with E-state index in [0.29, 0.717) is 26.2 Å². The SMILES string of the molecule is CCOC(=O)C1=C(C)N=c2s/c(=C\c3cc(Br)ccc3O)c(=O)n2[C@H]1c1ccc(C)cc1. The molecule has 1 aromatic heterocycles. The van der Waals surface area contributed by atoms with Gasteiger partial charge in [-0.05, 0) is 50.6 Å². The maximum absolute atomic E-state index is 13.5. The minimum absolute atomic E-state index is 0.0671. The van der Waals surface area contributed by atoms with Crippen molar-refractivity contribution in [2.75, 3.05) is 6.61 Å². The van der Waals surface area contributed by atoms with Crippen molar-refractivity contribution in [1.29, 1.82) is 0 Å². The van der Waals surface area contributed by atoms with Crippen LogP contribution < -0.4 is 14.9 Å². The van der Waals surface area contributed by atoms with E-state index >= 15 is 0 Å². The van der Waals surface area contributed by atoms with Crippen LogP contribution in [0.2, 0.25) is 0 Å². The number of aryl methyl sites for hydroxylation is 1. The summed E-state index contributed by atoms with van der Waals surface area (Å²) in [6.07, 6.45) is 1.64. The summed E-state index contributed by atoms with van der Waals surface area (Å²) in [6.45, 7) is 5.70. The number of esters is 1. The number of rotatable bonds is 4. The van der Waals surface area contributed by atoms with Crippen LogP contribution in [0, 0.1) is 6.92 Å². The number of hydrogen-bond donors (Lipinski definition) is 1. The van der Waals surface area contributed by atoms with Crippen molar-refractivity contribution in [2.45, 2.75) is 26.8 Å². The van der Waals surface area contributed by atoms with Crippen LogP contribution in [0.25, 0.3) is 6.08 Å². The van der Waals surface area contributed by atoms with Crippen molar-refractivity contribution in [3.05, 3.63) is 94.6 Å². The van der Waals surface area contributed by atoms with Gasteiger partial charge in [0.1, 0.15) is 5.75 Å². The van der Waals surface area contributed by atoms with Crippen LogP contribution in [-0.2, 0) is 9.53 Å². The first kappa shape index (κ1) is 22.2. The Bertz CT molecular complexity index is 1420. The number of benzene rings is 2. The van der Waals surface area contributed by atoms with Crippen LogP contribution in [0.1, 0.15) is 36.6 Å². The van der Waals surface area contributed by atoms with Gasteiger partial charge in [-0.2, -0.15) is 0 Å². The van der Waals surface area contributed by atoms with Gasteiger partial charge in [-0.1, -0.05) is 57.1 Å². The molecule has 0 saturated heterocycles. The molecule has 0 bridgehead atoms. The number of ether oxygens (including phenoxy) is 1. The molecule has 0 aliphatic carbocycles. The number of halogens is 1. The Morgan fingerprint density at radius 2 is 1.97 bits per heavy atom. The lowest BCUT2D eigenvalue weighted by Gasteiger charge is -2.24. The van der Waals surface area contributed by atoms with Crippen LogP contribution in [0.5, 0.6) is 5.75 Å². The number of nitrogens with zero attached hydrogens (tertiary/aromatic N) is 2. The molecule has 1 aliphatic heterocycles. The fourth-order valence-electron chi connectivity index (χ4n) is 3.64. The van der Waals surface area contributed by atoms with Crippen LogP contribution in [-0.4, -0.2) is 22.2 Å². The number of aromatic nitrogens is 1. The molecule has 0 radical (unpaired) electrons.